The minimum absolute atomic E-state index is 0.219. The Morgan fingerprint density at radius 1 is 1.12 bits per heavy atom. The van der Waals surface area contributed by atoms with Crippen LogP contribution in [0.25, 0.3) is 28.2 Å². The zero-order chi connectivity index (χ0) is 22.2. The summed E-state index contributed by atoms with van der Waals surface area (Å²) in [7, 11) is 0. The van der Waals surface area contributed by atoms with Crippen molar-refractivity contribution in [3.63, 3.8) is 0 Å². The summed E-state index contributed by atoms with van der Waals surface area (Å²) in [4.78, 5) is 22.0. The van der Waals surface area contributed by atoms with Crippen molar-refractivity contribution < 1.29 is 13.6 Å². The fourth-order valence-corrected chi connectivity index (χ4v) is 3.77. The van der Waals surface area contributed by atoms with Gasteiger partial charge in [0.2, 0.25) is 5.89 Å². The van der Waals surface area contributed by atoms with Crippen LogP contribution in [0.2, 0.25) is 5.02 Å². The standard InChI is InChI=1S/C24H18ClFN4O2/c1-2-18-22(30-10-9-16(25)12-21(30)28-18)23(31)27-13-14-3-8-20-19(11-14)29-24(32-20)15-4-6-17(26)7-5-15/h3-12H,2,13H2,1H3,(H,27,31). The molecule has 0 aliphatic heterocycles. The maximum Gasteiger partial charge on any atom is 0.270 e. The first-order valence-corrected chi connectivity index (χ1v) is 10.5. The van der Waals surface area contributed by atoms with Crippen LogP contribution >= 0.6 is 11.6 Å². The van der Waals surface area contributed by atoms with Gasteiger partial charge in [0.25, 0.3) is 5.91 Å². The number of aromatic nitrogens is 3. The van der Waals surface area contributed by atoms with Gasteiger partial charge < -0.3 is 9.73 Å². The summed E-state index contributed by atoms with van der Waals surface area (Å²) in [6.07, 6.45) is 2.37. The monoisotopic (exact) mass is 448 g/mol. The van der Waals surface area contributed by atoms with E-state index >= 15 is 0 Å². The highest BCUT2D eigenvalue weighted by atomic mass is 35.5. The number of oxazole rings is 1. The molecule has 5 aromatic rings. The molecule has 0 unspecified atom stereocenters. The second-order valence-corrected chi connectivity index (χ2v) is 7.78. The van der Waals surface area contributed by atoms with Crippen LogP contribution in [0, 0.1) is 5.82 Å². The molecule has 0 aliphatic rings. The molecule has 3 heterocycles. The van der Waals surface area contributed by atoms with Gasteiger partial charge in [-0.15, -0.1) is 0 Å². The quantitative estimate of drug-likeness (QED) is 0.389. The molecule has 0 saturated heterocycles. The molecule has 32 heavy (non-hydrogen) atoms. The molecule has 5 rings (SSSR count). The number of imidazole rings is 1. The number of rotatable bonds is 5. The predicted molar refractivity (Wildman–Crippen MR) is 120 cm³/mol. The van der Waals surface area contributed by atoms with Gasteiger partial charge in [-0.1, -0.05) is 24.6 Å². The molecule has 0 saturated carbocycles. The number of carbonyl (C=O) groups excluding carboxylic acids is 1. The Labute approximate surface area is 187 Å². The van der Waals surface area contributed by atoms with Gasteiger partial charge >= 0.3 is 0 Å². The number of amides is 1. The van der Waals surface area contributed by atoms with Crippen molar-refractivity contribution in [2.24, 2.45) is 0 Å². The van der Waals surface area contributed by atoms with Gasteiger partial charge in [-0.25, -0.2) is 14.4 Å². The smallest absolute Gasteiger partial charge is 0.270 e. The second-order valence-electron chi connectivity index (χ2n) is 7.34. The molecule has 1 N–H and O–H groups in total. The molecule has 8 heteroatoms. The van der Waals surface area contributed by atoms with Crippen LogP contribution in [-0.2, 0) is 13.0 Å². The lowest BCUT2D eigenvalue weighted by atomic mass is 10.2. The van der Waals surface area contributed by atoms with E-state index in [4.69, 9.17) is 16.0 Å². The highest BCUT2D eigenvalue weighted by Gasteiger charge is 2.18. The number of nitrogens with one attached hydrogen (secondary N) is 1. The van der Waals surface area contributed by atoms with E-state index in [0.29, 0.717) is 57.6 Å². The number of carbonyl (C=O) groups is 1. The third-order valence-electron chi connectivity index (χ3n) is 5.21. The number of aryl methyl sites for hydroxylation is 1. The minimum Gasteiger partial charge on any atom is -0.436 e. The van der Waals surface area contributed by atoms with E-state index in [1.54, 1.807) is 34.9 Å². The Morgan fingerprint density at radius 2 is 1.94 bits per heavy atom. The van der Waals surface area contributed by atoms with Crippen molar-refractivity contribution in [3.05, 3.63) is 88.6 Å². The molecule has 3 aromatic heterocycles. The van der Waals surface area contributed by atoms with Crippen molar-refractivity contribution >= 4 is 34.3 Å². The lowest BCUT2D eigenvalue weighted by Crippen LogP contribution is -2.25. The van der Waals surface area contributed by atoms with Crippen LogP contribution in [0.1, 0.15) is 28.7 Å². The molecule has 0 fully saturated rings. The molecule has 0 bridgehead atoms. The van der Waals surface area contributed by atoms with Crippen LogP contribution < -0.4 is 5.32 Å². The van der Waals surface area contributed by atoms with Crippen LogP contribution in [0.15, 0.2) is 65.2 Å². The Kier molecular flexibility index (Phi) is 5.11. The first-order chi connectivity index (χ1) is 15.5. The lowest BCUT2D eigenvalue weighted by Gasteiger charge is -2.07. The molecule has 0 spiro atoms. The summed E-state index contributed by atoms with van der Waals surface area (Å²) >= 11 is 6.06. The normalized spacial score (nSPS) is 11.3. The molecule has 2 aromatic carbocycles. The molecule has 160 valence electrons. The number of nitrogens with zero attached hydrogens (tertiary/aromatic N) is 3. The summed E-state index contributed by atoms with van der Waals surface area (Å²) in [5.41, 5.74) is 4.69. The Balaban J connectivity index is 1.38. The Hall–Kier alpha value is -3.71. The third kappa shape index (κ3) is 3.71. The zero-order valence-corrected chi connectivity index (χ0v) is 17.9. The van der Waals surface area contributed by atoms with Crippen LogP contribution in [0.5, 0.6) is 0 Å². The molecule has 1 amide bonds. The van der Waals surface area contributed by atoms with Gasteiger partial charge in [0.15, 0.2) is 5.58 Å². The van der Waals surface area contributed by atoms with Gasteiger partial charge in [-0.3, -0.25) is 9.20 Å². The second kappa shape index (κ2) is 8.09. The van der Waals surface area contributed by atoms with E-state index in [1.807, 2.05) is 25.1 Å². The zero-order valence-electron chi connectivity index (χ0n) is 17.1. The van der Waals surface area contributed by atoms with Crippen molar-refractivity contribution in [1.29, 1.82) is 0 Å². The SMILES string of the molecule is CCc1nc2cc(Cl)ccn2c1C(=O)NCc1ccc2oc(-c3ccc(F)cc3)nc2c1. The van der Waals surface area contributed by atoms with Gasteiger partial charge in [0.1, 0.15) is 22.7 Å². The number of fused-ring (bicyclic) bond motifs is 2. The van der Waals surface area contributed by atoms with Crippen LogP contribution in [-0.4, -0.2) is 20.3 Å². The summed E-state index contributed by atoms with van der Waals surface area (Å²) in [5.74, 6) is -0.120. The van der Waals surface area contributed by atoms with E-state index in [9.17, 15) is 9.18 Å². The van der Waals surface area contributed by atoms with E-state index < -0.39 is 0 Å². The fourth-order valence-electron chi connectivity index (χ4n) is 3.62. The average molecular weight is 449 g/mol. The van der Waals surface area contributed by atoms with Crippen molar-refractivity contribution in [2.45, 2.75) is 19.9 Å². The van der Waals surface area contributed by atoms with E-state index in [1.165, 1.54) is 12.1 Å². The third-order valence-corrected chi connectivity index (χ3v) is 5.44. The topological polar surface area (TPSA) is 72.4 Å². The highest BCUT2D eigenvalue weighted by molar-refractivity contribution is 6.30. The van der Waals surface area contributed by atoms with Gasteiger partial charge in [-0.2, -0.15) is 0 Å². The minimum atomic E-state index is -0.316. The molecule has 0 radical (unpaired) electrons. The maximum atomic E-state index is 13.2. The summed E-state index contributed by atoms with van der Waals surface area (Å²) in [5, 5.41) is 3.53. The average Bonchev–Trinajstić information content (AvgIpc) is 3.38. The lowest BCUT2D eigenvalue weighted by molar-refractivity contribution is 0.0944. The van der Waals surface area contributed by atoms with Crippen molar-refractivity contribution in [1.82, 2.24) is 19.7 Å². The predicted octanol–water partition coefficient (Wildman–Crippen LogP) is 5.43. The molecular weight excluding hydrogens is 431 g/mol. The fraction of sp³-hybridized carbons (Fsp3) is 0.125. The summed E-state index contributed by atoms with van der Waals surface area (Å²) in [6.45, 7) is 2.27. The van der Waals surface area contributed by atoms with E-state index in [-0.39, 0.29) is 11.7 Å². The van der Waals surface area contributed by atoms with Crippen molar-refractivity contribution in [2.75, 3.05) is 0 Å². The van der Waals surface area contributed by atoms with Crippen LogP contribution in [0.4, 0.5) is 4.39 Å². The van der Waals surface area contributed by atoms with Gasteiger partial charge in [0, 0.05) is 29.4 Å². The summed E-state index contributed by atoms with van der Waals surface area (Å²) < 4.78 is 20.7. The van der Waals surface area contributed by atoms with Gasteiger partial charge in [-0.05, 0) is 54.4 Å². The summed E-state index contributed by atoms with van der Waals surface area (Å²) in [6, 6.07) is 15.0. The van der Waals surface area contributed by atoms with E-state index in [2.05, 4.69) is 15.3 Å². The Morgan fingerprint density at radius 3 is 2.72 bits per heavy atom. The van der Waals surface area contributed by atoms with Gasteiger partial charge in [0.05, 0.1) is 5.69 Å². The molecule has 0 atom stereocenters. The molecule has 6 nitrogen and oxygen atoms in total. The first kappa shape index (κ1) is 20.2. The number of hydrogen-bond donors (Lipinski definition) is 1. The molecular formula is C24H18ClFN4O2. The maximum absolute atomic E-state index is 13.2. The van der Waals surface area contributed by atoms with Crippen molar-refractivity contribution in [3.8, 4) is 11.5 Å². The molecule has 0 aliphatic carbocycles. The largest absolute Gasteiger partial charge is 0.436 e. The first-order valence-electron chi connectivity index (χ1n) is 10.1. The number of hydrogen-bond acceptors (Lipinski definition) is 4. The Bertz CT molecular complexity index is 1460. The highest BCUT2D eigenvalue weighted by Crippen LogP contribution is 2.25. The van der Waals surface area contributed by atoms with E-state index in [0.717, 1.165) is 5.56 Å². The number of halogens is 2. The number of benzene rings is 2. The van der Waals surface area contributed by atoms with Crippen LogP contribution in [0.3, 0.4) is 0 Å². The number of pyridine rings is 1.